The third kappa shape index (κ3) is 4.85. The van der Waals surface area contributed by atoms with E-state index in [1.54, 1.807) is 6.92 Å². The normalized spacial score (nSPS) is 12.0. The Morgan fingerprint density at radius 1 is 2.00 bits per heavy atom. The van der Waals surface area contributed by atoms with Gasteiger partial charge in [0.25, 0.3) is 0 Å². The number of carbonyl (C=O) groups is 1. The van der Waals surface area contributed by atoms with Crippen LogP contribution in [-0.4, -0.2) is 18.5 Å². The van der Waals surface area contributed by atoms with E-state index < -0.39 is 5.91 Å². The molecule has 0 aliphatic rings. The Hall–Kier alpha value is -1.01. The summed E-state index contributed by atoms with van der Waals surface area (Å²) in [5.74, 6) is 2.01. The molecule has 0 heterocycles. The monoisotopic (exact) mass is 126 g/mol. The van der Waals surface area contributed by atoms with Gasteiger partial charge in [0, 0.05) is 0 Å². The van der Waals surface area contributed by atoms with Crippen LogP contribution in [0.2, 0.25) is 0 Å². The number of hydrogen-bond donors (Lipinski definition) is 2. The molecule has 3 heteroatoms. The third-order valence-electron chi connectivity index (χ3n) is 0.832. The number of primary amides is 1. The number of amides is 1. The summed E-state index contributed by atoms with van der Waals surface area (Å²) in [6, 6.07) is -0.0856. The molecule has 0 fully saturated rings. The predicted octanol–water partition coefficient (Wildman–Crippen LogP) is -0.917. The van der Waals surface area contributed by atoms with Crippen molar-refractivity contribution >= 4 is 5.91 Å². The Balaban J connectivity index is 3.30. The topological polar surface area (TPSA) is 55.1 Å². The summed E-state index contributed by atoms with van der Waals surface area (Å²) in [6.45, 7) is 1.92. The zero-order valence-corrected chi connectivity index (χ0v) is 5.35. The maximum atomic E-state index is 10.1. The van der Waals surface area contributed by atoms with Crippen LogP contribution in [0, 0.1) is 12.3 Å². The summed E-state index contributed by atoms with van der Waals surface area (Å²) in [5, 5.41) is 2.72. The lowest BCUT2D eigenvalue weighted by Crippen LogP contribution is -2.33. The van der Waals surface area contributed by atoms with Gasteiger partial charge in [0.15, 0.2) is 0 Å². The minimum atomic E-state index is -0.392. The molecule has 0 rings (SSSR count). The Bertz CT molecular complexity index is 136. The van der Waals surface area contributed by atoms with E-state index in [9.17, 15) is 4.79 Å². The fraction of sp³-hybridized carbons (Fsp3) is 0.500. The fourth-order valence-electron chi connectivity index (χ4n) is 0.313. The van der Waals surface area contributed by atoms with E-state index in [-0.39, 0.29) is 12.6 Å². The second-order valence-electron chi connectivity index (χ2n) is 1.74. The van der Waals surface area contributed by atoms with Crippen LogP contribution in [0.15, 0.2) is 0 Å². The molecule has 1 unspecified atom stereocenters. The maximum absolute atomic E-state index is 10.1. The Labute approximate surface area is 54.6 Å². The largest absolute Gasteiger partial charge is 0.369 e. The van der Waals surface area contributed by atoms with Gasteiger partial charge in [0.2, 0.25) is 5.91 Å². The van der Waals surface area contributed by atoms with Crippen LogP contribution in [-0.2, 0) is 4.79 Å². The van der Waals surface area contributed by atoms with Gasteiger partial charge in [-0.2, -0.15) is 0 Å². The van der Waals surface area contributed by atoms with Crippen LogP contribution in [0.25, 0.3) is 0 Å². The molecule has 9 heavy (non-hydrogen) atoms. The molecule has 0 aliphatic carbocycles. The van der Waals surface area contributed by atoms with E-state index >= 15 is 0 Å². The first-order valence-corrected chi connectivity index (χ1v) is 2.64. The Kier molecular flexibility index (Phi) is 3.49. The van der Waals surface area contributed by atoms with Crippen LogP contribution in [0.4, 0.5) is 0 Å². The molecule has 0 radical (unpaired) electrons. The van der Waals surface area contributed by atoms with E-state index in [1.807, 2.05) is 0 Å². The van der Waals surface area contributed by atoms with Crippen LogP contribution in [0.5, 0.6) is 0 Å². The molecule has 0 spiro atoms. The molecule has 0 saturated heterocycles. The molecule has 0 saturated carbocycles. The molecule has 0 aromatic heterocycles. The minimum Gasteiger partial charge on any atom is -0.369 e. The van der Waals surface area contributed by atoms with Crippen molar-refractivity contribution in [1.82, 2.24) is 5.32 Å². The van der Waals surface area contributed by atoms with Gasteiger partial charge in [-0.15, -0.1) is 6.42 Å². The van der Waals surface area contributed by atoms with Gasteiger partial charge in [-0.3, -0.25) is 10.1 Å². The first kappa shape index (κ1) is 7.99. The van der Waals surface area contributed by atoms with Gasteiger partial charge in [-0.25, -0.2) is 0 Å². The predicted molar refractivity (Wildman–Crippen MR) is 35.5 cm³/mol. The van der Waals surface area contributed by atoms with E-state index in [0.29, 0.717) is 0 Å². The molecule has 0 aliphatic heterocycles. The average molecular weight is 126 g/mol. The molecule has 1 amide bonds. The van der Waals surface area contributed by atoms with Crippen LogP contribution >= 0.6 is 0 Å². The lowest BCUT2D eigenvalue weighted by Gasteiger charge is -2.02. The first-order chi connectivity index (χ1) is 4.16. The zero-order valence-electron chi connectivity index (χ0n) is 5.35. The third-order valence-corrected chi connectivity index (χ3v) is 0.832. The molecule has 0 aromatic carbocycles. The quantitative estimate of drug-likeness (QED) is 0.481. The lowest BCUT2D eigenvalue weighted by atomic mass is 10.3. The summed E-state index contributed by atoms with van der Waals surface area (Å²) < 4.78 is 0. The second kappa shape index (κ2) is 3.93. The van der Waals surface area contributed by atoms with Gasteiger partial charge < -0.3 is 5.73 Å². The van der Waals surface area contributed by atoms with Crippen LogP contribution in [0.1, 0.15) is 6.92 Å². The number of hydrogen-bond acceptors (Lipinski definition) is 2. The highest BCUT2D eigenvalue weighted by Gasteiger charge is 1.96. The van der Waals surface area contributed by atoms with Gasteiger partial charge >= 0.3 is 0 Å². The lowest BCUT2D eigenvalue weighted by molar-refractivity contribution is -0.117. The van der Waals surface area contributed by atoms with Gasteiger partial charge in [0.1, 0.15) is 0 Å². The number of terminal acetylenes is 1. The Morgan fingerprint density at radius 2 is 2.56 bits per heavy atom. The molecule has 50 valence electrons. The van der Waals surface area contributed by atoms with Crippen LogP contribution < -0.4 is 11.1 Å². The van der Waals surface area contributed by atoms with Gasteiger partial charge in [-0.1, -0.05) is 5.92 Å². The van der Waals surface area contributed by atoms with Gasteiger partial charge in [0.05, 0.1) is 12.6 Å². The van der Waals surface area contributed by atoms with Crippen LogP contribution in [0.3, 0.4) is 0 Å². The van der Waals surface area contributed by atoms with Crippen molar-refractivity contribution in [3.63, 3.8) is 0 Å². The summed E-state index contributed by atoms with van der Waals surface area (Å²) in [7, 11) is 0. The molecule has 0 aromatic rings. The van der Waals surface area contributed by atoms with Crippen molar-refractivity contribution in [3.8, 4) is 12.3 Å². The smallest absolute Gasteiger partial charge is 0.231 e. The molecule has 0 bridgehead atoms. The number of nitrogens with one attached hydrogen (secondary N) is 1. The van der Waals surface area contributed by atoms with E-state index in [2.05, 4.69) is 11.2 Å². The summed E-state index contributed by atoms with van der Waals surface area (Å²) in [5.41, 5.74) is 4.83. The number of carbonyl (C=O) groups excluding carboxylic acids is 1. The van der Waals surface area contributed by atoms with E-state index in [4.69, 9.17) is 12.2 Å². The zero-order chi connectivity index (χ0) is 7.28. The standard InChI is InChI=1S/C6H10N2O/c1-3-5(2)8-4-6(7)9/h1,5,8H,4H2,2H3,(H2,7,9). The van der Waals surface area contributed by atoms with Crippen molar-refractivity contribution in [2.75, 3.05) is 6.54 Å². The SMILES string of the molecule is C#CC(C)NCC(N)=O. The Morgan fingerprint density at radius 3 is 2.89 bits per heavy atom. The molecular formula is C6H10N2O. The summed E-state index contributed by atoms with van der Waals surface area (Å²) in [6.07, 6.45) is 4.99. The van der Waals surface area contributed by atoms with Crippen molar-refractivity contribution in [1.29, 1.82) is 0 Å². The average Bonchev–Trinajstić information content (AvgIpc) is 1.83. The maximum Gasteiger partial charge on any atom is 0.231 e. The fourth-order valence-corrected chi connectivity index (χ4v) is 0.313. The highest BCUT2D eigenvalue weighted by atomic mass is 16.1. The first-order valence-electron chi connectivity index (χ1n) is 2.64. The molecule has 1 atom stereocenters. The highest BCUT2D eigenvalue weighted by Crippen LogP contribution is 1.72. The van der Waals surface area contributed by atoms with Crippen molar-refractivity contribution < 1.29 is 4.79 Å². The number of nitrogens with two attached hydrogens (primary N) is 1. The summed E-state index contributed by atoms with van der Waals surface area (Å²) in [4.78, 5) is 10.1. The molecule has 3 nitrogen and oxygen atoms in total. The van der Waals surface area contributed by atoms with Gasteiger partial charge in [-0.05, 0) is 6.92 Å². The number of rotatable bonds is 3. The highest BCUT2D eigenvalue weighted by molar-refractivity contribution is 5.75. The van der Waals surface area contributed by atoms with Crippen molar-refractivity contribution in [3.05, 3.63) is 0 Å². The molecule has 3 N–H and O–H groups in total. The second-order valence-corrected chi connectivity index (χ2v) is 1.74. The van der Waals surface area contributed by atoms with Crippen molar-refractivity contribution in [2.45, 2.75) is 13.0 Å². The van der Waals surface area contributed by atoms with E-state index in [1.165, 1.54) is 0 Å². The van der Waals surface area contributed by atoms with E-state index in [0.717, 1.165) is 0 Å². The minimum absolute atomic E-state index is 0.0856. The van der Waals surface area contributed by atoms with Crippen molar-refractivity contribution in [2.24, 2.45) is 5.73 Å². The molecular weight excluding hydrogens is 116 g/mol. The summed E-state index contributed by atoms with van der Waals surface area (Å²) >= 11 is 0.